The molecular formula is C40H26N2O. The molecule has 4 heterocycles. The lowest BCUT2D eigenvalue weighted by molar-refractivity contribution is 0.630. The highest BCUT2D eigenvalue weighted by atomic mass is 16.1. The minimum Gasteiger partial charge on any atom is -0.309 e. The van der Waals surface area contributed by atoms with Crippen molar-refractivity contribution in [1.82, 2.24) is 8.97 Å². The van der Waals surface area contributed by atoms with Crippen LogP contribution in [-0.2, 0) is 5.41 Å². The van der Waals surface area contributed by atoms with E-state index >= 15 is 0 Å². The van der Waals surface area contributed by atoms with Crippen LogP contribution in [0.25, 0.3) is 76.6 Å². The van der Waals surface area contributed by atoms with E-state index in [0.717, 1.165) is 43.5 Å². The third-order valence-corrected chi connectivity index (χ3v) is 10.1. The summed E-state index contributed by atoms with van der Waals surface area (Å²) < 4.78 is 4.38. The summed E-state index contributed by atoms with van der Waals surface area (Å²) in [5.41, 5.74) is 10.8. The Hall–Kier alpha value is -5.41. The second-order valence-electron chi connectivity index (χ2n) is 12.5. The van der Waals surface area contributed by atoms with Crippen LogP contribution in [0.1, 0.15) is 25.0 Å². The van der Waals surface area contributed by atoms with E-state index in [1.54, 1.807) is 0 Å². The maximum Gasteiger partial charge on any atom is 0.263 e. The quantitative estimate of drug-likeness (QED) is 0.187. The summed E-state index contributed by atoms with van der Waals surface area (Å²) in [5, 5.41) is 7.65. The second-order valence-corrected chi connectivity index (χ2v) is 12.5. The highest BCUT2D eigenvalue weighted by Gasteiger charge is 2.34. The van der Waals surface area contributed by atoms with Gasteiger partial charge in [-0.15, -0.1) is 0 Å². The number of benzene rings is 6. The molecule has 6 aromatic carbocycles. The van der Waals surface area contributed by atoms with Crippen molar-refractivity contribution < 1.29 is 0 Å². The standard InChI is InChI=1S/C40H26N2O/c1-40(2)32-14-5-6-16-36(32)41-34-19-17-23(22-31(34)28-13-8-15-33(40)38(28)41)24-18-20-35-30(21-24)27-12-7-11-26-25-9-3-4-10-29(25)39(43)42(35)37(26)27/h3-22H,1-2H3. The fourth-order valence-corrected chi connectivity index (χ4v) is 8.05. The predicted molar refractivity (Wildman–Crippen MR) is 179 cm³/mol. The lowest BCUT2D eigenvalue weighted by Crippen LogP contribution is -2.26. The molecule has 0 unspecified atom stereocenters. The molecule has 1 aliphatic heterocycles. The molecule has 3 nitrogen and oxygen atoms in total. The molecule has 1 aliphatic rings. The predicted octanol–water partition coefficient (Wildman–Crippen LogP) is 9.60. The number of para-hydroxylation sites is 3. The Labute approximate surface area is 247 Å². The van der Waals surface area contributed by atoms with Crippen molar-refractivity contribution in [3.05, 3.63) is 143 Å². The van der Waals surface area contributed by atoms with Gasteiger partial charge in [0.1, 0.15) is 0 Å². The van der Waals surface area contributed by atoms with Crippen molar-refractivity contribution in [2.75, 3.05) is 0 Å². The van der Waals surface area contributed by atoms with E-state index in [-0.39, 0.29) is 11.0 Å². The molecule has 3 aromatic heterocycles. The van der Waals surface area contributed by atoms with E-state index in [0.29, 0.717) is 0 Å². The first-order chi connectivity index (χ1) is 21.0. The monoisotopic (exact) mass is 550 g/mol. The number of hydrogen-bond acceptors (Lipinski definition) is 1. The first-order valence-corrected chi connectivity index (χ1v) is 14.9. The summed E-state index contributed by atoms with van der Waals surface area (Å²) in [5.74, 6) is 0. The molecule has 9 aromatic rings. The van der Waals surface area contributed by atoms with Gasteiger partial charge in [0.2, 0.25) is 0 Å². The van der Waals surface area contributed by atoms with E-state index in [1.807, 2.05) is 22.6 Å². The van der Waals surface area contributed by atoms with Crippen LogP contribution < -0.4 is 5.56 Å². The van der Waals surface area contributed by atoms with Gasteiger partial charge in [-0.25, -0.2) is 0 Å². The molecule has 0 spiro atoms. The minimum absolute atomic E-state index is 0.0424. The van der Waals surface area contributed by atoms with Gasteiger partial charge in [0.15, 0.2) is 0 Å². The summed E-state index contributed by atoms with van der Waals surface area (Å²) >= 11 is 0. The summed E-state index contributed by atoms with van der Waals surface area (Å²) in [4.78, 5) is 13.8. The molecule has 0 saturated carbocycles. The third-order valence-electron chi connectivity index (χ3n) is 10.1. The van der Waals surface area contributed by atoms with Gasteiger partial charge in [-0.3, -0.25) is 9.20 Å². The maximum absolute atomic E-state index is 13.8. The first kappa shape index (κ1) is 23.2. The van der Waals surface area contributed by atoms with Crippen LogP contribution in [0.2, 0.25) is 0 Å². The number of fused-ring (bicyclic) bond motifs is 10. The molecule has 0 aliphatic carbocycles. The zero-order valence-electron chi connectivity index (χ0n) is 23.8. The highest BCUT2D eigenvalue weighted by Crippen LogP contribution is 2.48. The van der Waals surface area contributed by atoms with E-state index in [1.165, 1.54) is 44.2 Å². The first-order valence-electron chi connectivity index (χ1n) is 14.9. The SMILES string of the molecule is CC1(C)c2ccccc2-n2c3ccc(-c4ccc5c(c4)c4cccc6c7ccccc7c(=O)n5c64)cc3c3cccc1c32. The van der Waals surface area contributed by atoms with E-state index in [4.69, 9.17) is 0 Å². The average molecular weight is 551 g/mol. The largest absolute Gasteiger partial charge is 0.309 e. The number of rotatable bonds is 1. The summed E-state index contributed by atoms with van der Waals surface area (Å²) in [7, 11) is 0. The van der Waals surface area contributed by atoms with E-state index in [9.17, 15) is 4.79 Å². The molecule has 0 atom stereocenters. The zero-order chi connectivity index (χ0) is 28.6. The Morgan fingerprint density at radius 1 is 0.488 bits per heavy atom. The molecule has 0 fully saturated rings. The fraction of sp³-hybridized carbons (Fsp3) is 0.0750. The van der Waals surface area contributed by atoms with Gasteiger partial charge in [-0.1, -0.05) is 98.8 Å². The molecule has 0 bridgehead atoms. The van der Waals surface area contributed by atoms with Gasteiger partial charge in [0, 0.05) is 37.7 Å². The molecule has 202 valence electrons. The van der Waals surface area contributed by atoms with Crippen LogP contribution in [0.3, 0.4) is 0 Å². The van der Waals surface area contributed by atoms with Crippen LogP contribution in [0.5, 0.6) is 0 Å². The zero-order valence-corrected chi connectivity index (χ0v) is 23.8. The van der Waals surface area contributed by atoms with Crippen molar-refractivity contribution in [2.45, 2.75) is 19.3 Å². The normalized spacial score (nSPS) is 14.1. The van der Waals surface area contributed by atoms with Crippen LogP contribution in [0.15, 0.2) is 126 Å². The van der Waals surface area contributed by atoms with Gasteiger partial charge in [0.05, 0.1) is 27.8 Å². The molecule has 0 radical (unpaired) electrons. The molecular weight excluding hydrogens is 524 g/mol. The van der Waals surface area contributed by atoms with Crippen LogP contribution >= 0.6 is 0 Å². The number of nitrogens with zero attached hydrogens (tertiary/aromatic N) is 2. The second kappa shape index (κ2) is 7.70. The number of hydrogen-bond donors (Lipinski definition) is 0. The third kappa shape index (κ3) is 2.73. The van der Waals surface area contributed by atoms with Crippen molar-refractivity contribution in [2.24, 2.45) is 0 Å². The molecule has 0 amide bonds. The smallest absolute Gasteiger partial charge is 0.263 e. The van der Waals surface area contributed by atoms with Crippen LogP contribution in [0.4, 0.5) is 0 Å². The Morgan fingerprint density at radius 2 is 1.05 bits per heavy atom. The Kier molecular flexibility index (Phi) is 4.15. The Balaban J connectivity index is 1.26. The van der Waals surface area contributed by atoms with Crippen molar-refractivity contribution >= 4 is 59.8 Å². The Morgan fingerprint density at radius 3 is 1.84 bits per heavy atom. The van der Waals surface area contributed by atoms with Gasteiger partial charge >= 0.3 is 0 Å². The lowest BCUT2D eigenvalue weighted by Gasteiger charge is -2.34. The van der Waals surface area contributed by atoms with Crippen molar-refractivity contribution in [3.63, 3.8) is 0 Å². The molecule has 3 heteroatoms. The van der Waals surface area contributed by atoms with E-state index < -0.39 is 0 Å². The Bertz CT molecular complexity index is 2720. The maximum atomic E-state index is 13.8. The molecule has 10 rings (SSSR count). The van der Waals surface area contributed by atoms with Crippen LogP contribution in [-0.4, -0.2) is 8.97 Å². The van der Waals surface area contributed by atoms with Gasteiger partial charge in [0.25, 0.3) is 5.56 Å². The van der Waals surface area contributed by atoms with Crippen molar-refractivity contribution in [1.29, 1.82) is 0 Å². The summed E-state index contributed by atoms with van der Waals surface area (Å²) in [6.45, 7) is 4.68. The summed E-state index contributed by atoms with van der Waals surface area (Å²) in [6, 6.07) is 43.4. The fourth-order valence-electron chi connectivity index (χ4n) is 8.05. The number of pyridine rings is 1. The average Bonchev–Trinajstić information content (AvgIpc) is 3.56. The lowest BCUT2D eigenvalue weighted by atomic mass is 9.75. The minimum atomic E-state index is -0.0811. The van der Waals surface area contributed by atoms with Gasteiger partial charge < -0.3 is 4.57 Å². The molecule has 0 N–H and O–H groups in total. The number of aromatic nitrogens is 2. The van der Waals surface area contributed by atoms with Crippen LogP contribution in [0, 0.1) is 0 Å². The highest BCUT2D eigenvalue weighted by molar-refractivity contribution is 6.20. The molecule has 43 heavy (non-hydrogen) atoms. The molecule has 0 saturated heterocycles. The topological polar surface area (TPSA) is 26.4 Å². The van der Waals surface area contributed by atoms with Crippen molar-refractivity contribution in [3.8, 4) is 16.8 Å². The summed E-state index contributed by atoms with van der Waals surface area (Å²) in [6.07, 6.45) is 0. The van der Waals surface area contributed by atoms with E-state index in [2.05, 4.69) is 122 Å². The van der Waals surface area contributed by atoms with Gasteiger partial charge in [-0.05, 0) is 64.0 Å². The van der Waals surface area contributed by atoms with Gasteiger partial charge in [-0.2, -0.15) is 0 Å².